The molecule has 0 saturated carbocycles. The second-order valence-corrected chi connectivity index (χ2v) is 7.05. The summed E-state index contributed by atoms with van der Waals surface area (Å²) in [7, 11) is 0. The fourth-order valence-electron chi connectivity index (χ4n) is 3.41. The number of benzene rings is 1. The van der Waals surface area contributed by atoms with E-state index in [9.17, 15) is 4.79 Å². The molecule has 1 aliphatic rings. The van der Waals surface area contributed by atoms with Gasteiger partial charge in [-0.1, -0.05) is 5.16 Å². The van der Waals surface area contributed by atoms with Crippen molar-refractivity contribution in [3.05, 3.63) is 42.2 Å². The van der Waals surface area contributed by atoms with Gasteiger partial charge in [0.05, 0.1) is 31.9 Å². The number of hydrogen-bond acceptors (Lipinski definition) is 9. The van der Waals surface area contributed by atoms with Crippen LogP contribution in [0.25, 0.3) is 11.5 Å². The first-order valence-corrected chi connectivity index (χ1v) is 10.6. The summed E-state index contributed by atoms with van der Waals surface area (Å²) in [5, 5.41) is 3.97. The van der Waals surface area contributed by atoms with Crippen LogP contribution in [0.15, 0.2) is 35.2 Å². The second-order valence-electron chi connectivity index (χ2n) is 7.05. The van der Waals surface area contributed by atoms with Crippen molar-refractivity contribution in [3.63, 3.8) is 0 Å². The summed E-state index contributed by atoms with van der Waals surface area (Å²) in [6.45, 7) is 7.94. The number of carbonyl (C=O) groups excluding carboxylic acids is 1. The molecule has 0 aliphatic carbocycles. The minimum absolute atomic E-state index is 0.0303. The molecular weight excluding hydrogens is 414 g/mol. The number of ether oxygens (including phenoxy) is 3. The van der Waals surface area contributed by atoms with Crippen molar-refractivity contribution in [1.29, 1.82) is 0 Å². The van der Waals surface area contributed by atoms with E-state index in [0.29, 0.717) is 73.1 Å². The standard InChI is InChI=1S/C22H25N5O5/c1-4-29-17-9-14(10-18(30-5-2)19(17)31-6-3)22(28)27-12-15(13-27)21-25-20(26-32-21)16-11-23-7-8-24-16/h7-11,15H,4-6,12-13H2,1-3H3. The third-order valence-corrected chi connectivity index (χ3v) is 4.91. The van der Waals surface area contributed by atoms with E-state index in [0.717, 1.165) is 0 Å². The average Bonchev–Trinajstić information content (AvgIpc) is 3.25. The minimum atomic E-state index is -0.125. The molecule has 0 N–H and O–H groups in total. The maximum Gasteiger partial charge on any atom is 0.254 e. The summed E-state index contributed by atoms with van der Waals surface area (Å²) < 4.78 is 22.5. The highest BCUT2D eigenvalue weighted by atomic mass is 16.5. The van der Waals surface area contributed by atoms with E-state index in [1.54, 1.807) is 35.6 Å². The van der Waals surface area contributed by atoms with E-state index in [1.807, 2.05) is 20.8 Å². The SMILES string of the molecule is CCOc1cc(C(=O)N2CC(c3nc(-c4cnccn4)no3)C2)cc(OCC)c1OCC. The van der Waals surface area contributed by atoms with Crippen LogP contribution in [0.1, 0.15) is 42.9 Å². The summed E-state index contributed by atoms with van der Waals surface area (Å²) in [6, 6.07) is 3.40. The third-order valence-electron chi connectivity index (χ3n) is 4.91. The van der Waals surface area contributed by atoms with Gasteiger partial charge in [0.15, 0.2) is 11.5 Å². The summed E-state index contributed by atoms with van der Waals surface area (Å²) in [5.41, 5.74) is 1.01. The van der Waals surface area contributed by atoms with Crippen molar-refractivity contribution in [2.75, 3.05) is 32.9 Å². The van der Waals surface area contributed by atoms with Gasteiger partial charge < -0.3 is 23.6 Å². The van der Waals surface area contributed by atoms with Gasteiger partial charge in [0, 0.05) is 31.0 Å². The highest BCUT2D eigenvalue weighted by Crippen LogP contribution is 2.40. The van der Waals surface area contributed by atoms with E-state index in [-0.39, 0.29) is 11.8 Å². The topological polar surface area (TPSA) is 113 Å². The van der Waals surface area contributed by atoms with Gasteiger partial charge in [-0.25, -0.2) is 4.98 Å². The van der Waals surface area contributed by atoms with Crippen LogP contribution in [-0.2, 0) is 0 Å². The van der Waals surface area contributed by atoms with Crippen molar-refractivity contribution in [3.8, 4) is 28.8 Å². The van der Waals surface area contributed by atoms with Gasteiger partial charge in [-0.3, -0.25) is 9.78 Å². The van der Waals surface area contributed by atoms with Gasteiger partial charge in [-0.15, -0.1) is 0 Å². The molecule has 0 atom stereocenters. The zero-order valence-corrected chi connectivity index (χ0v) is 18.3. The Kier molecular flexibility index (Phi) is 6.48. The fourth-order valence-corrected chi connectivity index (χ4v) is 3.41. The van der Waals surface area contributed by atoms with E-state index in [2.05, 4.69) is 20.1 Å². The van der Waals surface area contributed by atoms with Crippen LogP contribution in [0, 0.1) is 0 Å². The second kappa shape index (κ2) is 9.63. The molecule has 0 bridgehead atoms. The predicted molar refractivity (Wildman–Crippen MR) is 114 cm³/mol. The van der Waals surface area contributed by atoms with E-state index < -0.39 is 0 Å². The first kappa shape index (κ1) is 21.5. The monoisotopic (exact) mass is 439 g/mol. The van der Waals surface area contributed by atoms with Crippen LogP contribution >= 0.6 is 0 Å². The Bertz CT molecular complexity index is 1040. The lowest BCUT2D eigenvalue weighted by Crippen LogP contribution is -2.48. The molecular formula is C22H25N5O5. The molecule has 0 radical (unpaired) electrons. The number of aromatic nitrogens is 4. The van der Waals surface area contributed by atoms with Crippen LogP contribution in [0.4, 0.5) is 0 Å². The lowest BCUT2D eigenvalue weighted by molar-refractivity contribution is 0.0568. The molecule has 168 valence electrons. The summed E-state index contributed by atoms with van der Waals surface area (Å²) in [5.74, 6) is 2.20. The molecule has 3 heterocycles. The Labute approximate surface area is 185 Å². The summed E-state index contributed by atoms with van der Waals surface area (Å²) in [6.07, 6.45) is 4.72. The highest BCUT2D eigenvalue weighted by Gasteiger charge is 2.36. The summed E-state index contributed by atoms with van der Waals surface area (Å²) >= 11 is 0. The van der Waals surface area contributed by atoms with Crippen LogP contribution in [0.3, 0.4) is 0 Å². The van der Waals surface area contributed by atoms with Crippen LogP contribution in [-0.4, -0.2) is 63.8 Å². The van der Waals surface area contributed by atoms with Crippen molar-refractivity contribution >= 4 is 5.91 Å². The first-order chi connectivity index (χ1) is 15.6. The molecule has 0 unspecified atom stereocenters. The Morgan fingerprint density at radius 3 is 2.34 bits per heavy atom. The van der Waals surface area contributed by atoms with Crippen molar-refractivity contribution in [1.82, 2.24) is 25.0 Å². The Balaban J connectivity index is 1.48. The maximum absolute atomic E-state index is 13.1. The largest absolute Gasteiger partial charge is 0.490 e. The molecule has 1 aliphatic heterocycles. The molecule has 1 amide bonds. The molecule has 2 aromatic heterocycles. The Morgan fingerprint density at radius 2 is 1.75 bits per heavy atom. The highest BCUT2D eigenvalue weighted by molar-refractivity contribution is 5.96. The van der Waals surface area contributed by atoms with Crippen LogP contribution < -0.4 is 14.2 Å². The Morgan fingerprint density at radius 1 is 1.06 bits per heavy atom. The number of carbonyl (C=O) groups is 1. The number of hydrogen-bond donors (Lipinski definition) is 0. The molecule has 1 saturated heterocycles. The van der Waals surface area contributed by atoms with Gasteiger partial charge in [0.2, 0.25) is 17.5 Å². The van der Waals surface area contributed by atoms with Gasteiger partial charge in [0.25, 0.3) is 5.91 Å². The van der Waals surface area contributed by atoms with Gasteiger partial charge in [0.1, 0.15) is 5.69 Å². The molecule has 1 fully saturated rings. The number of amides is 1. The normalized spacial score (nSPS) is 13.5. The van der Waals surface area contributed by atoms with E-state index >= 15 is 0 Å². The van der Waals surface area contributed by atoms with Gasteiger partial charge in [-0.2, -0.15) is 4.98 Å². The smallest absolute Gasteiger partial charge is 0.254 e. The zero-order chi connectivity index (χ0) is 22.5. The lowest BCUT2D eigenvalue weighted by atomic mass is 9.98. The fraction of sp³-hybridized carbons (Fsp3) is 0.409. The molecule has 1 aromatic carbocycles. The minimum Gasteiger partial charge on any atom is -0.490 e. The third kappa shape index (κ3) is 4.34. The Hall–Kier alpha value is -3.69. The first-order valence-electron chi connectivity index (χ1n) is 10.6. The number of likely N-dealkylation sites (tertiary alicyclic amines) is 1. The molecule has 10 nitrogen and oxygen atoms in total. The van der Waals surface area contributed by atoms with Gasteiger partial charge >= 0.3 is 0 Å². The average molecular weight is 439 g/mol. The van der Waals surface area contributed by atoms with Crippen LogP contribution in [0.5, 0.6) is 17.2 Å². The molecule has 32 heavy (non-hydrogen) atoms. The van der Waals surface area contributed by atoms with Crippen molar-refractivity contribution in [2.24, 2.45) is 0 Å². The van der Waals surface area contributed by atoms with Crippen molar-refractivity contribution in [2.45, 2.75) is 26.7 Å². The van der Waals surface area contributed by atoms with E-state index in [4.69, 9.17) is 18.7 Å². The number of rotatable bonds is 9. The summed E-state index contributed by atoms with van der Waals surface area (Å²) in [4.78, 5) is 27.4. The van der Waals surface area contributed by atoms with Crippen molar-refractivity contribution < 1.29 is 23.5 Å². The quantitative estimate of drug-likeness (QED) is 0.496. The molecule has 0 spiro atoms. The van der Waals surface area contributed by atoms with Gasteiger partial charge in [-0.05, 0) is 32.9 Å². The molecule has 4 rings (SSSR count). The molecule has 10 heteroatoms. The predicted octanol–water partition coefficient (Wildman–Crippen LogP) is 2.96. The van der Waals surface area contributed by atoms with E-state index in [1.165, 1.54) is 0 Å². The number of nitrogens with zero attached hydrogens (tertiary/aromatic N) is 5. The lowest BCUT2D eigenvalue weighted by Gasteiger charge is -2.37. The molecule has 3 aromatic rings. The van der Waals surface area contributed by atoms with Crippen LogP contribution in [0.2, 0.25) is 0 Å². The zero-order valence-electron chi connectivity index (χ0n) is 18.3. The maximum atomic E-state index is 13.1.